The second-order valence-corrected chi connectivity index (χ2v) is 7.21. The molecule has 0 radical (unpaired) electrons. The zero-order valence-electron chi connectivity index (χ0n) is 8.61. The summed E-state index contributed by atoms with van der Waals surface area (Å²) in [5, 5.41) is -1.25. The fourth-order valence-electron chi connectivity index (χ4n) is 1.69. The van der Waals surface area contributed by atoms with Crippen LogP contribution in [0.25, 0.3) is 10.1 Å². The summed E-state index contributed by atoms with van der Waals surface area (Å²) < 4.78 is 61.5. The van der Waals surface area contributed by atoms with E-state index in [1.165, 1.54) is 11.4 Å². The molecule has 2 rings (SSSR count). The van der Waals surface area contributed by atoms with Crippen LogP contribution in [0.2, 0.25) is 0 Å². The summed E-state index contributed by atoms with van der Waals surface area (Å²) >= 11 is 1.05. The molecule has 0 aliphatic carbocycles. The van der Waals surface area contributed by atoms with Crippen molar-refractivity contribution in [1.29, 1.82) is 0 Å². The van der Waals surface area contributed by atoms with Crippen molar-refractivity contribution < 1.29 is 21.6 Å². The van der Waals surface area contributed by atoms with Crippen molar-refractivity contribution >= 4 is 41.2 Å². The minimum atomic E-state index is -4.94. The number of alkyl halides is 3. The molecule has 1 heterocycles. The van der Waals surface area contributed by atoms with Crippen LogP contribution in [0.3, 0.4) is 0 Å². The summed E-state index contributed by atoms with van der Waals surface area (Å²) in [5.41, 5.74) is -0.321. The molecule has 1 aromatic heterocycles. The minimum absolute atomic E-state index is 0.258. The van der Waals surface area contributed by atoms with Crippen LogP contribution in [0, 0.1) is 0 Å². The van der Waals surface area contributed by atoms with Gasteiger partial charge >= 0.3 is 6.18 Å². The first kappa shape index (κ1) is 13.6. The van der Waals surface area contributed by atoms with Crippen molar-refractivity contribution in [2.45, 2.75) is 11.4 Å². The smallest absolute Gasteiger partial charge is 0.211 e. The maximum Gasteiger partial charge on any atom is 0.410 e. The Kier molecular flexibility index (Phi) is 3.33. The fourth-order valence-corrected chi connectivity index (χ4v) is 4.17. The molecule has 0 amide bonds. The third-order valence-corrected chi connectivity index (χ3v) is 4.97. The molecule has 1 aromatic carbocycles. The van der Waals surface area contributed by atoms with Crippen molar-refractivity contribution in [3.05, 3.63) is 35.2 Å². The minimum Gasteiger partial charge on any atom is -0.211 e. The number of hydrogen-bond donors (Lipinski definition) is 0. The van der Waals surface area contributed by atoms with Gasteiger partial charge in [0.1, 0.15) is 0 Å². The SMILES string of the molecule is O=S(=O)(Cl)C(c1csc2ccccc12)C(F)(F)F. The van der Waals surface area contributed by atoms with Gasteiger partial charge in [0.25, 0.3) is 0 Å². The quantitative estimate of drug-likeness (QED) is 0.783. The lowest BCUT2D eigenvalue weighted by molar-refractivity contribution is -0.130. The van der Waals surface area contributed by atoms with E-state index in [9.17, 15) is 21.6 Å². The number of rotatable bonds is 2. The van der Waals surface area contributed by atoms with E-state index in [2.05, 4.69) is 0 Å². The van der Waals surface area contributed by atoms with Crippen molar-refractivity contribution in [2.24, 2.45) is 0 Å². The molecule has 0 aliphatic rings. The Balaban J connectivity index is 2.71. The average Bonchev–Trinajstić information content (AvgIpc) is 2.58. The molecule has 2 aromatic rings. The zero-order chi connectivity index (χ0) is 13.6. The summed E-state index contributed by atoms with van der Waals surface area (Å²) in [6, 6.07) is 6.28. The van der Waals surface area contributed by atoms with Crippen molar-refractivity contribution in [1.82, 2.24) is 0 Å². The third kappa shape index (κ3) is 2.48. The van der Waals surface area contributed by atoms with Gasteiger partial charge in [-0.15, -0.1) is 11.3 Å². The van der Waals surface area contributed by atoms with Crippen LogP contribution in [0.15, 0.2) is 29.6 Å². The Hall–Kier alpha value is -0.790. The molecule has 0 bridgehead atoms. The number of hydrogen-bond acceptors (Lipinski definition) is 3. The third-order valence-electron chi connectivity index (χ3n) is 2.37. The van der Waals surface area contributed by atoms with E-state index in [1.54, 1.807) is 18.2 Å². The van der Waals surface area contributed by atoms with Crippen molar-refractivity contribution in [3.63, 3.8) is 0 Å². The predicted octanol–water partition coefficient (Wildman–Crippen LogP) is 4.07. The number of fused-ring (bicyclic) bond motifs is 1. The van der Waals surface area contributed by atoms with Gasteiger partial charge in [0.05, 0.1) is 0 Å². The molecule has 0 N–H and O–H groups in total. The molecule has 98 valence electrons. The highest BCUT2D eigenvalue weighted by atomic mass is 35.7. The first-order chi connectivity index (χ1) is 8.21. The van der Waals surface area contributed by atoms with E-state index >= 15 is 0 Å². The van der Waals surface area contributed by atoms with Gasteiger partial charge in [0, 0.05) is 15.4 Å². The highest BCUT2D eigenvalue weighted by Crippen LogP contribution is 2.45. The maximum atomic E-state index is 12.8. The standard InChI is InChI=1S/C10H6ClF3O2S2/c11-18(15,16)9(10(12,13)14)7-5-17-8-4-2-1-3-6(7)8/h1-5,9H. The molecule has 0 saturated carbocycles. The Bertz CT molecular complexity index is 676. The van der Waals surface area contributed by atoms with Gasteiger partial charge < -0.3 is 0 Å². The molecule has 0 spiro atoms. The van der Waals surface area contributed by atoms with E-state index in [0.29, 0.717) is 4.70 Å². The van der Waals surface area contributed by atoms with E-state index in [4.69, 9.17) is 10.7 Å². The molecule has 18 heavy (non-hydrogen) atoms. The van der Waals surface area contributed by atoms with E-state index < -0.39 is 20.5 Å². The second-order valence-electron chi connectivity index (χ2n) is 3.58. The fraction of sp³-hybridized carbons (Fsp3) is 0.200. The monoisotopic (exact) mass is 314 g/mol. The second kappa shape index (κ2) is 4.40. The Morgan fingerprint density at radius 3 is 2.39 bits per heavy atom. The van der Waals surface area contributed by atoms with Gasteiger partial charge in [-0.3, -0.25) is 0 Å². The summed E-state index contributed by atoms with van der Waals surface area (Å²) in [7, 11) is 0.149. The summed E-state index contributed by atoms with van der Waals surface area (Å²) in [6.45, 7) is 0. The summed E-state index contributed by atoms with van der Waals surface area (Å²) in [6.07, 6.45) is -4.94. The van der Waals surface area contributed by atoms with Gasteiger partial charge in [-0.1, -0.05) is 18.2 Å². The van der Waals surface area contributed by atoms with E-state index in [0.717, 1.165) is 11.3 Å². The van der Waals surface area contributed by atoms with Gasteiger partial charge in [0.2, 0.25) is 9.05 Å². The number of thiophene rings is 1. The predicted molar refractivity (Wildman–Crippen MR) is 65.4 cm³/mol. The number of benzene rings is 1. The highest BCUT2D eigenvalue weighted by Gasteiger charge is 2.50. The first-order valence-electron chi connectivity index (χ1n) is 4.67. The van der Waals surface area contributed by atoms with Crippen LogP contribution in [-0.2, 0) is 9.05 Å². The Morgan fingerprint density at radius 2 is 1.83 bits per heavy atom. The molecular weight excluding hydrogens is 309 g/mol. The molecule has 2 nitrogen and oxygen atoms in total. The van der Waals surface area contributed by atoms with E-state index in [-0.39, 0.29) is 10.9 Å². The van der Waals surface area contributed by atoms with Gasteiger partial charge in [-0.05, 0) is 22.4 Å². The molecule has 8 heteroatoms. The molecule has 1 atom stereocenters. The van der Waals surface area contributed by atoms with Crippen LogP contribution < -0.4 is 0 Å². The van der Waals surface area contributed by atoms with Crippen LogP contribution in [0.5, 0.6) is 0 Å². The lowest BCUT2D eigenvalue weighted by Gasteiger charge is -2.16. The van der Waals surface area contributed by atoms with Crippen LogP contribution in [0.4, 0.5) is 13.2 Å². The Morgan fingerprint density at radius 1 is 1.22 bits per heavy atom. The van der Waals surface area contributed by atoms with Crippen LogP contribution in [0.1, 0.15) is 10.8 Å². The van der Waals surface area contributed by atoms with Gasteiger partial charge in [-0.25, -0.2) is 8.42 Å². The number of halogens is 4. The van der Waals surface area contributed by atoms with Crippen molar-refractivity contribution in [2.75, 3.05) is 0 Å². The molecule has 0 saturated heterocycles. The zero-order valence-corrected chi connectivity index (χ0v) is 11.0. The van der Waals surface area contributed by atoms with E-state index in [1.807, 2.05) is 0 Å². The van der Waals surface area contributed by atoms with Crippen LogP contribution >= 0.6 is 22.0 Å². The molecular formula is C10H6ClF3O2S2. The summed E-state index contributed by atoms with van der Waals surface area (Å²) in [5.74, 6) is 0. The maximum absolute atomic E-state index is 12.8. The lowest BCUT2D eigenvalue weighted by Crippen LogP contribution is -2.25. The average molecular weight is 315 g/mol. The van der Waals surface area contributed by atoms with Gasteiger partial charge in [0.15, 0.2) is 5.25 Å². The normalized spacial score (nSPS) is 14.9. The first-order valence-corrected chi connectivity index (χ1v) is 7.93. The lowest BCUT2D eigenvalue weighted by atomic mass is 10.1. The largest absolute Gasteiger partial charge is 0.410 e. The summed E-state index contributed by atoms with van der Waals surface area (Å²) in [4.78, 5) is 0. The molecule has 1 unspecified atom stereocenters. The van der Waals surface area contributed by atoms with Gasteiger partial charge in [-0.2, -0.15) is 13.2 Å². The Labute approximate surface area is 109 Å². The van der Waals surface area contributed by atoms with Crippen molar-refractivity contribution in [3.8, 4) is 0 Å². The highest BCUT2D eigenvalue weighted by molar-refractivity contribution is 8.14. The molecule has 0 aliphatic heterocycles. The topological polar surface area (TPSA) is 34.1 Å². The van der Waals surface area contributed by atoms with Crippen LogP contribution in [-0.4, -0.2) is 14.6 Å². The molecule has 0 fully saturated rings.